The average molecular weight is 254 g/mol. The van der Waals surface area contributed by atoms with E-state index in [1.54, 1.807) is 0 Å². The predicted molar refractivity (Wildman–Crippen MR) is 64.1 cm³/mol. The smallest absolute Gasteiger partial charge is 0.129 e. The number of hydrogen-bond acceptors (Lipinski definition) is 2. The molecular weight excluding hydrogens is 242 g/mol. The SMILES string of the molecule is Cc1cc(C(O)Cc2ccc(F)cc2F)cs1. The van der Waals surface area contributed by atoms with Crippen LogP contribution in [0.25, 0.3) is 0 Å². The van der Waals surface area contributed by atoms with Crippen LogP contribution in [-0.2, 0) is 6.42 Å². The number of aliphatic hydroxyl groups is 1. The minimum absolute atomic E-state index is 0.155. The van der Waals surface area contributed by atoms with Gasteiger partial charge in [0.05, 0.1) is 6.10 Å². The van der Waals surface area contributed by atoms with Crippen molar-refractivity contribution in [1.29, 1.82) is 0 Å². The van der Waals surface area contributed by atoms with Crippen LogP contribution in [0, 0.1) is 18.6 Å². The summed E-state index contributed by atoms with van der Waals surface area (Å²) >= 11 is 1.54. The zero-order valence-corrected chi connectivity index (χ0v) is 10.1. The van der Waals surface area contributed by atoms with Crippen molar-refractivity contribution in [3.63, 3.8) is 0 Å². The van der Waals surface area contributed by atoms with E-state index in [9.17, 15) is 13.9 Å². The first-order valence-electron chi connectivity index (χ1n) is 5.23. The van der Waals surface area contributed by atoms with Gasteiger partial charge in [0.1, 0.15) is 11.6 Å². The summed E-state index contributed by atoms with van der Waals surface area (Å²) in [6, 6.07) is 5.27. The van der Waals surface area contributed by atoms with Gasteiger partial charge in [0, 0.05) is 17.4 Å². The maximum atomic E-state index is 13.4. The molecule has 1 aromatic heterocycles. The Labute approximate surface area is 102 Å². The fraction of sp³-hybridized carbons (Fsp3) is 0.231. The van der Waals surface area contributed by atoms with E-state index in [1.807, 2.05) is 18.4 Å². The molecule has 1 N–H and O–H groups in total. The fourth-order valence-corrected chi connectivity index (χ4v) is 2.40. The first-order valence-corrected chi connectivity index (χ1v) is 6.11. The summed E-state index contributed by atoms with van der Waals surface area (Å²) in [5.74, 6) is -1.22. The van der Waals surface area contributed by atoms with Crippen LogP contribution in [0.1, 0.15) is 22.1 Å². The summed E-state index contributed by atoms with van der Waals surface area (Å²) in [5.41, 5.74) is 1.10. The van der Waals surface area contributed by atoms with Gasteiger partial charge < -0.3 is 5.11 Å². The van der Waals surface area contributed by atoms with E-state index in [0.29, 0.717) is 5.56 Å². The molecule has 2 aromatic rings. The zero-order valence-electron chi connectivity index (χ0n) is 9.28. The van der Waals surface area contributed by atoms with Gasteiger partial charge in [0.15, 0.2) is 0 Å². The number of aryl methyl sites for hydroxylation is 1. The maximum absolute atomic E-state index is 13.4. The van der Waals surface area contributed by atoms with Crippen molar-refractivity contribution in [2.24, 2.45) is 0 Å². The number of halogens is 2. The highest BCUT2D eigenvalue weighted by molar-refractivity contribution is 7.10. The van der Waals surface area contributed by atoms with Gasteiger partial charge >= 0.3 is 0 Å². The van der Waals surface area contributed by atoms with E-state index in [-0.39, 0.29) is 6.42 Å². The molecule has 0 aliphatic carbocycles. The average Bonchev–Trinajstić information content (AvgIpc) is 2.69. The summed E-state index contributed by atoms with van der Waals surface area (Å²) in [6.45, 7) is 1.94. The Hall–Kier alpha value is -1.26. The van der Waals surface area contributed by atoms with E-state index >= 15 is 0 Å². The molecule has 0 bridgehead atoms. The van der Waals surface area contributed by atoms with Gasteiger partial charge in [0.25, 0.3) is 0 Å². The van der Waals surface area contributed by atoms with Crippen molar-refractivity contribution in [2.75, 3.05) is 0 Å². The third-order valence-electron chi connectivity index (χ3n) is 2.56. The van der Waals surface area contributed by atoms with Gasteiger partial charge in [-0.15, -0.1) is 11.3 Å². The predicted octanol–water partition coefficient (Wildman–Crippen LogP) is 3.61. The normalized spacial score (nSPS) is 12.7. The molecule has 0 amide bonds. The van der Waals surface area contributed by atoms with Gasteiger partial charge in [-0.3, -0.25) is 0 Å². The molecule has 0 saturated carbocycles. The molecule has 0 spiro atoms. The van der Waals surface area contributed by atoms with Crippen LogP contribution >= 0.6 is 11.3 Å². The minimum atomic E-state index is -0.750. The Kier molecular flexibility index (Phi) is 3.54. The summed E-state index contributed by atoms with van der Waals surface area (Å²) in [4.78, 5) is 1.10. The summed E-state index contributed by atoms with van der Waals surface area (Å²) < 4.78 is 26.1. The van der Waals surface area contributed by atoms with Crippen molar-refractivity contribution in [2.45, 2.75) is 19.4 Å². The van der Waals surface area contributed by atoms with Gasteiger partial charge in [-0.25, -0.2) is 8.78 Å². The Morgan fingerprint density at radius 3 is 2.65 bits per heavy atom. The van der Waals surface area contributed by atoms with Crippen molar-refractivity contribution in [1.82, 2.24) is 0 Å². The van der Waals surface area contributed by atoms with Crippen LogP contribution in [0.5, 0.6) is 0 Å². The molecule has 0 radical (unpaired) electrons. The lowest BCUT2D eigenvalue weighted by molar-refractivity contribution is 0.177. The minimum Gasteiger partial charge on any atom is -0.388 e. The second kappa shape index (κ2) is 4.94. The Morgan fingerprint density at radius 2 is 2.06 bits per heavy atom. The first-order chi connectivity index (χ1) is 8.06. The molecule has 1 atom stereocenters. The van der Waals surface area contributed by atoms with Gasteiger partial charge in [-0.05, 0) is 35.6 Å². The molecule has 1 aromatic carbocycles. The monoisotopic (exact) mass is 254 g/mol. The number of hydrogen-bond donors (Lipinski definition) is 1. The third kappa shape index (κ3) is 2.90. The number of rotatable bonds is 3. The molecule has 4 heteroatoms. The molecule has 1 unspecified atom stereocenters. The Balaban J connectivity index is 2.15. The zero-order chi connectivity index (χ0) is 12.4. The van der Waals surface area contributed by atoms with Gasteiger partial charge in [-0.1, -0.05) is 6.07 Å². The lowest BCUT2D eigenvalue weighted by atomic mass is 10.0. The highest BCUT2D eigenvalue weighted by Crippen LogP contribution is 2.24. The molecule has 1 heterocycles. The number of aliphatic hydroxyl groups excluding tert-OH is 1. The molecular formula is C13H12F2OS. The summed E-state index contributed by atoms with van der Waals surface area (Å²) in [6.07, 6.45) is -0.595. The topological polar surface area (TPSA) is 20.2 Å². The standard InChI is InChI=1S/C13H12F2OS/c1-8-4-10(7-17-8)13(16)5-9-2-3-11(14)6-12(9)15/h2-4,6-7,13,16H,5H2,1H3. The van der Waals surface area contributed by atoms with Gasteiger partial charge in [0.2, 0.25) is 0 Å². The van der Waals surface area contributed by atoms with Crippen LogP contribution in [-0.4, -0.2) is 5.11 Å². The van der Waals surface area contributed by atoms with Crippen LogP contribution < -0.4 is 0 Å². The molecule has 1 nitrogen and oxygen atoms in total. The summed E-state index contributed by atoms with van der Waals surface area (Å²) in [7, 11) is 0. The highest BCUT2D eigenvalue weighted by atomic mass is 32.1. The van der Waals surface area contributed by atoms with Crippen LogP contribution in [0.3, 0.4) is 0 Å². The van der Waals surface area contributed by atoms with Crippen LogP contribution in [0.4, 0.5) is 8.78 Å². The van der Waals surface area contributed by atoms with Crippen LogP contribution in [0.2, 0.25) is 0 Å². The summed E-state index contributed by atoms with van der Waals surface area (Å²) in [5, 5.41) is 11.8. The van der Waals surface area contributed by atoms with Crippen molar-refractivity contribution in [3.8, 4) is 0 Å². The van der Waals surface area contributed by atoms with Crippen molar-refractivity contribution >= 4 is 11.3 Å². The van der Waals surface area contributed by atoms with E-state index < -0.39 is 17.7 Å². The maximum Gasteiger partial charge on any atom is 0.129 e. The quantitative estimate of drug-likeness (QED) is 0.887. The molecule has 17 heavy (non-hydrogen) atoms. The van der Waals surface area contributed by atoms with E-state index in [4.69, 9.17) is 0 Å². The molecule has 2 rings (SSSR count). The Morgan fingerprint density at radius 1 is 1.29 bits per heavy atom. The molecule has 90 valence electrons. The molecule has 0 saturated heterocycles. The Bertz CT molecular complexity index is 522. The number of thiophene rings is 1. The van der Waals surface area contributed by atoms with E-state index in [2.05, 4.69) is 0 Å². The van der Waals surface area contributed by atoms with Crippen molar-refractivity contribution < 1.29 is 13.9 Å². The fourth-order valence-electron chi connectivity index (χ4n) is 1.65. The second-order valence-electron chi connectivity index (χ2n) is 3.95. The second-order valence-corrected chi connectivity index (χ2v) is 5.06. The van der Waals surface area contributed by atoms with Crippen LogP contribution in [0.15, 0.2) is 29.6 Å². The third-order valence-corrected chi connectivity index (χ3v) is 3.44. The lowest BCUT2D eigenvalue weighted by Crippen LogP contribution is -2.02. The lowest BCUT2D eigenvalue weighted by Gasteiger charge is -2.09. The number of benzene rings is 1. The highest BCUT2D eigenvalue weighted by Gasteiger charge is 2.13. The van der Waals surface area contributed by atoms with Gasteiger partial charge in [-0.2, -0.15) is 0 Å². The largest absolute Gasteiger partial charge is 0.388 e. The molecule has 0 fully saturated rings. The van der Waals surface area contributed by atoms with E-state index in [1.165, 1.54) is 23.5 Å². The van der Waals surface area contributed by atoms with E-state index in [0.717, 1.165) is 16.5 Å². The first kappa shape index (κ1) is 12.2. The molecule has 0 aliphatic heterocycles. The molecule has 0 aliphatic rings. The van der Waals surface area contributed by atoms with Crippen molar-refractivity contribution in [3.05, 3.63) is 57.3 Å².